The number of aromatic nitrogens is 1. The first-order valence-electron chi connectivity index (χ1n) is 8.11. The van der Waals surface area contributed by atoms with Crippen LogP contribution < -0.4 is 4.72 Å². The van der Waals surface area contributed by atoms with E-state index < -0.39 is 10.0 Å². The van der Waals surface area contributed by atoms with E-state index in [9.17, 15) is 8.42 Å². The van der Waals surface area contributed by atoms with Gasteiger partial charge in [-0.2, -0.15) is 0 Å². The number of pyridine rings is 1. The van der Waals surface area contributed by atoms with Gasteiger partial charge in [0.2, 0.25) is 0 Å². The lowest BCUT2D eigenvalue weighted by Crippen LogP contribution is -2.16. The zero-order valence-corrected chi connectivity index (χ0v) is 14.0. The van der Waals surface area contributed by atoms with E-state index in [0.717, 1.165) is 30.2 Å². The topological polar surface area (TPSA) is 59.1 Å². The highest BCUT2D eigenvalue weighted by Gasteiger charge is 2.20. The molecule has 5 heteroatoms. The predicted octanol–water partition coefficient (Wildman–Crippen LogP) is 3.91. The second kappa shape index (κ2) is 5.91. The molecule has 0 atom stereocenters. The smallest absolute Gasteiger partial charge is 0.262 e. The van der Waals surface area contributed by atoms with Crippen LogP contribution >= 0.6 is 0 Å². The summed E-state index contributed by atoms with van der Waals surface area (Å²) in [5.74, 6) is 0. The van der Waals surface area contributed by atoms with E-state index in [-0.39, 0.29) is 4.90 Å². The molecule has 0 aliphatic heterocycles. The van der Waals surface area contributed by atoms with Gasteiger partial charge in [-0.1, -0.05) is 24.3 Å². The zero-order chi connectivity index (χ0) is 16.6. The van der Waals surface area contributed by atoms with Gasteiger partial charge in [0.25, 0.3) is 10.0 Å². The van der Waals surface area contributed by atoms with Gasteiger partial charge >= 0.3 is 0 Å². The maximum absolute atomic E-state index is 13.0. The van der Waals surface area contributed by atoms with Crippen molar-refractivity contribution >= 4 is 26.5 Å². The normalized spacial score (nSPS) is 14.3. The molecule has 0 unspecified atom stereocenters. The van der Waals surface area contributed by atoms with Crippen LogP contribution in [0.15, 0.2) is 59.8 Å². The molecule has 1 aliphatic carbocycles. The number of hydrogen-bond donors (Lipinski definition) is 1. The number of nitrogens with one attached hydrogen (secondary N) is 1. The van der Waals surface area contributed by atoms with E-state index in [2.05, 4.69) is 15.8 Å². The standard InChI is InChI=1S/C19H18N2O2S/c22-24(23,19-10-4-7-15-13-20-12-11-17(15)19)21-18-9-3-6-14-5-1-2-8-16(14)18/h3-4,6-7,9-13,21H,1-2,5,8H2. The van der Waals surface area contributed by atoms with Crippen molar-refractivity contribution in [1.82, 2.24) is 4.98 Å². The summed E-state index contributed by atoms with van der Waals surface area (Å²) in [5.41, 5.74) is 3.09. The molecule has 122 valence electrons. The minimum absolute atomic E-state index is 0.288. The molecule has 0 fully saturated rings. The van der Waals surface area contributed by atoms with Gasteiger partial charge in [0, 0.05) is 23.2 Å². The van der Waals surface area contributed by atoms with Gasteiger partial charge < -0.3 is 0 Å². The molecule has 24 heavy (non-hydrogen) atoms. The van der Waals surface area contributed by atoms with Crippen molar-refractivity contribution in [2.75, 3.05) is 4.72 Å². The summed E-state index contributed by atoms with van der Waals surface area (Å²) in [6, 6.07) is 12.9. The summed E-state index contributed by atoms with van der Waals surface area (Å²) in [5, 5.41) is 1.50. The van der Waals surface area contributed by atoms with E-state index in [1.807, 2.05) is 18.2 Å². The van der Waals surface area contributed by atoms with Gasteiger partial charge in [-0.05, 0) is 55.0 Å². The van der Waals surface area contributed by atoms with Gasteiger partial charge in [-0.15, -0.1) is 0 Å². The number of aryl methyl sites for hydroxylation is 1. The fraction of sp³-hybridized carbons (Fsp3) is 0.211. The third-order valence-corrected chi connectivity index (χ3v) is 5.99. The Balaban J connectivity index is 1.79. The lowest BCUT2D eigenvalue weighted by Gasteiger charge is -2.20. The van der Waals surface area contributed by atoms with Crippen molar-refractivity contribution in [3.8, 4) is 0 Å². The Hall–Kier alpha value is -2.40. The summed E-state index contributed by atoms with van der Waals surface area (Å²) in [7, 11) is -3.65. The maximum atomic E-state index is 13.0. The van der Waals surface area contributed by atoms with Gasteiger partial charge in [0.15, 0.2) is 0 Å². The molecule has 0 saturated heterocycles. The summed E-state index contributed by atoms with van der Waals surface area (Å²) >= 11 is 0. The van der Waals surface area contributed by atoms with Crippen molar-refractivity contribution in [3.05, 3.63) is 66.0 Å². The van der Waals surface area contributed by atoms with Gasteiger partial charge in [0.1, 0.15) is 0 Å². The molecule has 4 nitrogen and oxygen atoms in total. The number of sulfonamides is 1. The van der Waals surface area contributed by atoms with Gasteiger partial charge in [-0.25, -0.2) is 8.42 Å². The molecule has 1 aromatic heterocycles. The molecule has 0 amide bonds. The maximum Gasteiger partial charge on any atom is 0.262 e. The quantitative estimate of drug-likeness (QED) is 0.787. The Morgan fingerprint density at radius 1 is 0.958 bits per heavy atom. The Labute approximate surface area is 141 Å². The zero-order valence-electron chi connectivity index (χ0n) is 13.2. The molecule has 3 aromatic rings. The molecule has 0 spiro atoms. The highest BCUT2D eigenvalue weighted by Crippen LogP contribution is 2.30. The second-order valence-corrected chi connectivity index (χ2v) is 7.76. The van der Waals surface area contributed by atoms with Crippen LogP contribution in [0.4, 0.5) is 5.69 Å². The Bertz CT molecular complexity index is 1010. The Morgan fingerprint density at radius 3 is 2.71 bits per heavy atom. The average Bonchev–Trinajstić information content (AvgIpc) is 2.61. The highest BCUT2D eigenvalue weighted by molar-refractivity contribution is 7.93. The van der Waals surface area contributed by atoms with Crippen molar-refractivity contribution in [1.29, 1.82) is 0 Å². The summed E-state index contributed by atoms with van der Waals surface area (Å²) in [6.45, 7) is 0. The fourth-order valence-corrected chi connectivity index (χ4v) is 4.73. The molecular weight excluding hydrogens is 320 g/mol. The molecule has 1 N–H and O–H groups in total. The van der Waals surface area contributed by atoms with Crippen molar-refractivity contribution in [2.45, 2.75) is 30.6 Å². The van der Waals surface area contributed by atoms with E-state index >= 15 is 0 Å². The summed E-state index contributed by atoms with van der Waals surface area (Å²) in [6.07, 6.45) is 7.51. The third-order valence-electron chi connectivity index (χ3n) is 4.57. The minimum atomic E-state index is -3.65. The first-order valence-corrected chi connectivity index (χ1v) is 9.60. The second-order valence-electron chi connectivity index (χ2n) is 6.11. The van der Waals surface area contributed by atoms with Crippen LogP contribution in [0.2, 0.25) is 0 Å². The molecule has 0 bridgehead atoms. The number of benzene rings is 2. The van der Waals surface area contributed by atoms with Gasteiger partial charge in [-0.3, -0.25) is 9.71 Å². The first kappa shape index (κ1) is 15.1. The minimum Gasteiger partial charge on any atom is -0.279 e. The molecule has 4 rings (SSSR count). The molecular formula is C19H18N2O2S. The number of rotatable bonds is 3. The van der Waals surface area contributed by atoms with E-state index in [1.165, 1.54) is 12.0 Å². The molecule has 1 heterocycles. The SMILES string of the molecule is O=S(=O)(Nc1cccc2c1CCCC2)c1cccc2cnccc12. The number of anilines is 1. The van der Waals surface area contributed by atoms with Crippen LogP contribution in [0.1, 0.15) is 24.0 Å². The fourth-order valence-electron chi connectivity index (χ4n) is 3.40. The Morgan fingerprint density at radius 2 is 1.79 bits per heavy atom. The lowest BCUT2D eigenvalue weighted by molar-refractivity contribution is 0.602. The third kappa shape index (κ3) is 2.65. The van der Waals surface area contributed by atoms with Crippen LogP contribution in [0.25, 0.3) is 10.8 Å². The van der Waals surface area contributed by atoms with Gasteiger partial charge in [0.05, 0.1) is 10.6 Å². The molecule has 1 aliphatic rings. The summed E-state index contributed by atoms with van der Waals surface area (Å²) < 4.78 is 28.7. The van der Waals surface area contributed by atoms with Crippen LogP contribution in [-0.2, 0) is 22.9 Å². The van der Waals surface area contributed by atoms with E-state index in [1.54, 1.807) is 30.6 Å². The van der Waals surface area contributed by atoms with Crippen molar-refractivity contribution < 1.29 is 8.42 Å². The van der Waals surface area contributed by atoms with Crippen molar-refractivity contribution in [3.63, 3.8) is 0 Å². The van der Waals surface area contributed by atoms with E-state index in [0.29, 0.717) is 11.1 Å². The van der Waals surface area contributed by atoms with Crippen LogP contribution in [0.5, 0.6) is 0 Å². The van der Waals surface area contributed by atoms with E-state index in [4.69, 9.17) is 0 Å². The number of nitrogens with zero attached hydrogens (tertiary/aromatic N) is 1. The monoisotopic (exact) mass is 338 g/mol. The molecule has 0 saturated carbocycles. The lowest BCUT2D eigenvalue weighted by atomic mass is 9.91. The first-order chi connectivity index (χ1) is 11.6. The average molecular weight is 338 g/mol. The largest absolute Gasteiger partial charge is 0.279 e. The van der Waals surface area contributed by atoms with Crippen LogP contribution in [0.3, 0.4) is 0 Å². The van der Waals surface area contributed by atoms with Crippen LogP contribution in [-0.4, -0.2) is 13.4 Å². The predicted molar refractivity (Wildman–Crippen MR) is 95.6 cm³/mol. The molecule has 0 radical (unpaired) electrons. The van der Waals surface area contributed by atoms with Crippen molar-refractivity contribution in [2.24, 2.45) is 0 Å². The number of fused-ring (bicyclic) bond motifs is 2. The summed E-state index contributed by atoms with van der Waals surface area (Å²) in [4.78, 5) is 4.35. The molecule has 2 aromatic carbocycles. The van der Waals surface area contributed by atoms with Crippen LogP contribution in [0, 0.1) is 0 Å². The Kier molecular flexibility index (Phi) is 3.73. The highest BCUT2D eigenvalue weighted by atomic mass is 32.2. The number of hydrogen-bond acceptors (Lipinski definition) is 3.